The Bertz CT molecular complexity index is 763. The number of carbonyl (C=O) groups is 1. The number of likely N-dealkylation sites (N-methyl/N-ethyl adjacent to an activating group) is 1. The van der Waals surface area contributed by atoms with Gasteiger partial charge in [0.25, 0.3) is 5.91 Å². The summed E-state index contributed by atoms with van der Waals surface area (Å²) in [4.78, 5) is 14.5. The van der Waals surface area contributed by atoms with Crippen molar-refractivity contribution in [2.24, 2.45) is 0 Å². The monoisotopic (exact) mass is 430 g/mol. The number of nitrogens with zero attached hydrogens (tertiary/aromatic N) is 1. The van der Waals surface area contributed by atoms with E-state index in [9.17, 15) is 4.79 Å². The molecule has 0 saturated carbocycles. The molecule has 27 heavy (non-hydrogen) atoms. The molecule has 0 atom stereocenters. The van der Waals surface area contributed by atoms with Gasteiger partial charge >= 0.3 is 0 Å². The molecule has 0 bridgehead atoms. The Hall–Kier alpha value is -1.47. The van der Waals surface area contributed by atoms with E-state index < -0.39 is 0 Å². The quantitative estimate of drug-likeness (QED) is 0.592. The zero-order chi connectivity index (χ0) is 19.8. The minimum absolute atomic E-state index is 0.262. The molecule has 0 radical (unpaired) electrons. The van der Waals surface area contributed by atoms with E-state index in [-0.39, 0.29) is 5.91 Å². The average Bonchev–Trinajstić information content (AvgIpc) is 3.02. The van der Waals surface area contributed by atoms with Crippen LogP contribution in [0.3, 0.4) is 0 Å². The van der Waals surface area contributed by atoms with E-state index in [4.69, 9.17) is 32.7 Å². The maximum atomic E-state index is 12.2. The van der Waals surface area contributed by atoms with E-state index >= 15 is 0 Å². The van der Waals surface area contributed by atoms with Gasteiger partial charge in [-0.2, -0.15) is 0 Å². The number of halogens is 2. The summed E-state index contributed by atoms with van der Waals surface area (Å²) < 4.78 is 12.1. The third-order valence-electron chi connectivity index (χ3n) is 4.14. The van der Waals surface area contributed by atoms with Crippen LogP contribution in [0.4, 0.5) is 0 Å². The van der Waals surface area contributed by atoms with Crippen molar-refractivity contribution in [3.8, 4) is 11.5 Å². The molecule has 0 unspecified atom stereocenters. The highest BCUT2D eigenvalue weighted by Crippen LogP contribution is 2.31. The fourth-order valence-electron chi connectivity index (χ4n) is 2.54. The Morgan fingerprint density at radius 2 is 1.93 bits per heavy atom. The van der Waals surface area contributed by atoms with Crippen LogP contribution in [0.5, 0.6) is 11.5 Å². The van der Waals surface area contributed by atoms with Crippen molar-refractivity contribution >= 4 is 40.4 Å². The van der Waals surface area contributed by atoms with Crippen LogP contribution in [-0.4, -0.2) is 44.2 Å². The van der Waals surface area contributed by atoms with Gasteiger partial charge in [0.15, 0.2) is 11.5 Å². The zero-order valence-electron chi connectivity index (χ0n) is 15.7. The average molecular weight is 431 g/mol. The van der Waals surface area contributed by atoms with Crippen LogP contribution >= 0.6 is 34.5 Å². The first kappa shape index (κ1) is 21.8. The highest BCUT2D eigenvalue weighted by molar-refractivity contribution is 7.20. The van der Waals surface area contributed by atoms with Gasteiger partial charge in [-0.1, -0.05) is 43.1 Å². The molecular weight excluding hydrogens is 407 g/mol. The normalized spacial score (nSPS) is 10.9. The minimum atomic E-state index is -0.262. The predicted octanol–water partition coefficient (Wildman–Crippen LogP) is 4.71. The Balaban J connectivity index is 1.94. The number of hydrogen-bond acceptors (Lipinski definition) is 5. The van der Waals surface area contributed by atoms with Crippen molar-refractivity contribution < 1.29 is 14.3 Å². The van der Waals surface area contributed by atoms with Gasteiger partial charge in [0.1, 0.15) is 10.9 Å². The van der Waals surface area contributed by atoms with Crippen LogP contribution in [0.25, 0.3) is 0 Å². The van der Waals surface area contributed by atoms with Gasteiger partial charge in [0.05, 0.1) is 17.0 Å². The molecule has 0 spiro atoms. The van der Waals surface area contributed by atoms with Crippen molar-refractivity contribution in [2.75, 3.05) is 33.4 Å². The van der Waals surface area contributed by atoms with Crippen molar-refractivity contribution in [2.45, 2.75) is 20.4 Å². The lowest BCUT2D eigenvalue weighted by Crippen LogP contribution is -2.28. The molecule has 1 aromatic carbocycles. The first-order valence-electron chi connectivity index (χ1n) is 8.73. The van der Waals surface area contributed by atoms with Gasteiger partial charge in [-0.05, 0) is 36.9 Å². The predicted molar refractivity (Wildman–Crippen MR) is 112 cm³/mol. The summed E-state index contributed by atoms with van der Waals surface area (Å²) >= 11 is 13.1. The molecular formula is C19H24Cl2N2O3S. The highest BCUT2D eigenvalue weighted by Gasteiger charge is 2.14. The fourth-order valence-corrected chi connectivity index (χ4v) is 4.00. The molecule has 0 aliphatic rings. The second-order valence-corrected chi connectivity index (χ2v) is 8.07. The van der Waals surface area contributed by atoms with Crippen molar-refractivity contribution in [3.63, 3.8) is 0 Å². The number of amides is 1. The Morgan fingerprint density at radius 1 is 1.19 bits per heavy atom. The number of thiophene rings is 1. The number of hydrogen-bond donors (Lipinski definition) is 1. The molecule has 0 saturated heterocycles. The largest absolute Gasteiger partial charge is 0.493 e. The molecule has 2 aromatic rings. The SMILES string of the molecule is CCN(CC)CCOc1ccc(CNC(=O)c2cc(Cl)sc2Cl)cc1OC. The Labute approximate surface area is 174 Å². The molecule has 1 aromatic heterocycles. The summed E-state index contributed by atoms with van der Waals surface area (Å²) in [5.74, 6) is 1.06. The molecule has 1 N–H and O–H groups in total. The fraction of sp³-hybridized carbons (Fsp3) is 0.421. The summed E-state index contributed by atoms with van der Waals surface area (Å²) in [7, 11) is 1.60. The van der Waals surface area contributed by atoms with Crippen LogP contribution in [0.15, 0.2) is 24.3 Å². The molecule has 148 valence electrons. The lowest BCUT2D eigenvalue weighted by Gasteiger charge is -2.19. The van der Waals surface area contributed by atoms with E-state index in [1.54, 1.807) is 13.2 Å². The Morgan fingerprint density at radius 3 is 2.52 bits per heavy atom. The first-order valence-corrected chi connectivity index (χ1v) is 10.3. The van der Waals surface area contributed by atoms with E-state index in [1.807, 2.05) is 18.2 Å². The standard InChI is InChI=1S/C19H24Cl2N2O3S/c1-4-23(5-2)8-9-26-15-7-6-13(10-16(15)25-3)12-22-19(24)14-11-17(20)27-18(14)21/h6-7,10-11H,4-5,8-9,12H2,1-3H3,(H,22,24). The molecule has 0 fully saturated rings. The summed E-state index contributed by atoms with van der Waals surface area (Å²) in [6.45, 7) is 8.04. The van der Waals surface area contributed by atoms with Gasteiger partial charge < -0.3 is 19.7 Å². The summed E-state index contributed by atoms with van der Waals surface area (Å²) in [5.41, 5.74) is 1.28. The van der Waals surface area contributed by atoms with E-state index in [1.165, 1.54) is 11.3 Å². The maximum Gasteiger partial charge on any atom is 0.253 e. The van der Waals surface area contributed by atoms with Crippen LogP contribution in [0, 0.1) is 0 Å². The number of benzene rings is 1. The molecule has 1 heterocycles. The van der Waals surface area contributed by atoms with Crippen LogP contribution in [-0.2, 0) is 6.54 Å². The van der Waals surface area contributed by atoms with Crippen LogP contribution in [0.1, 0.15) is 29.8 Å². The van der Waals surface area contributed by atoms with Gasteiger partial charge in [0, 0.05) is 13.1 Å². The zero-order valence-corrected chi connectivity index (χ0v) is 18.0. The lowest BCUT2D eigenvalue weighted by atomic mass is 10.2. The number of nitrogens with one attached hydrogen (secondary N) is 1. The molecule has 0 aliphatic carbocycles. The number of carbonyl (C=O) groups excluding carboxylic acids is 1. The molecule has 8 heteroatoms. The van der Waals surface area contributed by atoms with Crippen LogP contribution in [0.2, 0.25) is 8.67 Å². The molecule has 0 aliphatic heterocycles. The highest BCUT2D eigenvalue weighted by atomic mass is 35.5. The topological polar surface area (TPSA) is 50.8 Å². The second-order valence-electron chi connectivity index (χ2n) is 5.78. The van der Waals surface area contributed by atoms with Gasteiger partial charge in [-0.3, -0.25) is 4.79 Å². The molecule has 2 rings (SSSR count). The summed E-state index contributed by atoms with van der Waals surface area (Å²) in [6, 6.07) is 7.18. The van der Waals surface area contributed by atoms with Gasteiger partial charge in [-0.15, -0.1) is 11.3 Å². The van der Waals surface area contributed by atoms with Gasteiger partial charge in [-0.25, -0.2) is 0 Å². The Kier molecular flexibility index (Phi) is 8.70. The molecule has 5 nitrogen and oxygen atoms in total. The first-order chi connectivity index (χ1) is 13.0. The number of ether oxygens (including phenoxy) is 2. The van der Waals surface area contributed by atoms with Crippen LogP contribution < -0.4 is 14.8 Å². The van der Waals surface area contributed by atoms with E-state index in [2.05, 4.69) is 24.1 Å². The number of rotatable bonds is 10. The summed E-state index contributed by atoms with van der Waals surface area (Å²) in [6.07, 6.45) is 0. The van der Waals surface area contributed by atoms with Crippen molar-refractivity contribution in [1.82, 2.24) is 10.2 Å². The maximum absolute atomic E-state index is 12.2. The van der Waals surface area contributed by atoms with E-state index in [0.29, 0.717) is 38.9 Å². The second kappa shape index (κ2) is 10.8. The van der Waals surface area contributed by atoms with E-state index in [0.717, 1.165) is 25.2 Å². The summed E-state index contributed by atoms with van der Waals surface area (Å²) in [5, 5.41) is 2.84. The molecule has 1 amide bonds. The third kappa shape index (κ3) is 6.28. The number of methoxy groups -OCH3 is 1. The third-order valence-corrected chi connectivity index (χ3v) is 5.63. The van der Waals surface area contributed by atoms with Crippen molar-refractivity contribution in [1.29, 1.82) is 0 Å². The lowest BCUT2D eigenvalue weighted by molar-refractivity contribution is 0.0951. The van der Waals surface area contributed by atoms with Gasteiger partial charge in [0.2, 0.25) is 0 Å². The minimum Gasteiger partial charge on any atom is -0.493 e. The smallest absolute Gasteiger partial charge is 0.253 e. The van der Waals surface area contributed by atoms with Crippen molar-refractivity contribution in [3.05, 3.63) is 44.1 Å².